The molecule has 0 aliphatic carbocycles. The van der Waals surface area contributed by atoms with Gasteiger partial charge in [0.25, 0.3) is 0 Å². The van der Waals surface area contributed by atoms with Crippen molar-refractivity contribution in [2.24, 2.45) is 5.92 Å². The average molecular weight is 312 g/mol. The summed E-state index contributed by atoms with van der Waals surface area (Å²) in [7, 11) is 1.20. The number of ether oxygens (including phenoxy) is 1. The van der Waals surface area contributed by atoms with E-state index in [1.54, 1.807) is 30.1 Å². The van der Waals surface area contributed by atoms with Gasteiger partial charge in [-0.15, -0.1) is 0 Å². The molecule has 7 heteroatoms. The van der Waals surface area contributed by atoms with Gasteiger partial charge in [0.15, 0.2) is 0 Å². The fraction of sp³-hybridized carbons (Fsp3) is 0.500. The second kappa shape index (κ2) is 6.03. The number of methoxy groups -OCH3 is 1. The van der Waals surface area contributed by atoms with Crippen LogP contribution in [0.25, 0.3) is 0 Å². The first kappa shape index (κ1) is 15.8. The molecular formula is C14H20N2O4S. The highest BCUT2D eigenvalue weighted by atomic mass is 32.2. The maximum absolute atomic E-state index is 12.5. The van der Waals surface area contributed by atoms with Crippen molar-refractivity contribution < 1.29 is 17.9 Å². The molecule has 1 fully saturated rings. The van der Waals surface area contributed by atoms with Crippen LogP contribution in [0.1, 0.15) is 6.42 Å². The highest BCUT2D eigenvalue weighted by molar-refractivity contribution is 7.89. The van der Waals surface area contributed by atoms with Crippen LogP contribution in [0.2, 0.25) is 0 Å². The minimum atomic E-state index is -3.57. The van der Waals surface area contributed by atoms with Crippen molar-refractivity contribution in [2.75, 3.05) is 34.3 Å². The lowest BCUT2D eigenvalue weighted by atomic mass is 10.1. The van der Waals surface area contributed by atoms with Crippen LogP contribution >= 0.6 is 0 Å². The molecule has 0 radical (unpaired) electrons. The van der Waals surface area contributed by atoms with Crippen molar-refractivity contribution in [3.05, 3.63) is 24.3 Å². The molecule has 1 saturated heterocycles. The lowest BCUT2D eigenvalue weighted by Crippen LogP contribution is -2.32. The van der Waals surface area contributed by atoms with Gasteiger partial charge in [-0.25, -0.2) is 12.7 Å². The van der Waals surface area contributed by atoms with Crippen molar-refractivity contribution >= 4 is 15.9 Å². The van der Waals surface area contributed by atoms with Crippen LogP contribution in [0.15, 0.2) is 29.2 Å². The smallest absolute Gasteiger partial charge is 0.242 e. The first-order valence-corrected chi connectivity index (χ1v) is 8.13. The largest absolute Gasteiger partial charge is 0.497 e. The molecule has 1 aliphatic rings. The van der Waals surface area contributed by atoms with Crippen LogP contribution in [0.5, 0.6) is 5.75 Å². The predicted molar refractivity (Wildman–Crippen MR) is 78.6 cm³/mol. The fourth-order valence-corrected chi connectivity index (χ4v) is 3.76. The van der Waals surface area contributed by atoms with Crippen LogP contribution in [0.3, 0.4) is 0 Å². The molecule has 0 saturated carbocycles. The Balaban J connectivity index is 2.13. The number of rotatable bonds is 5. The number of benzene rings is 1. The molecule has 1 heterocycles. The summed E-state index contributed by atoms with van der Waals surface area (Å²) in [6, 6.07) is 6.38. The molecule has 0 spiro atoms. The van der Waals surface area contributed by atoms with Crippen LogP contribution in [0.4, 0.5) is 0 Å². The second-order valence-electron chi connectivity index (χ2n) is 5.31. The zero-order chi connectivity index (χ0) is 15.6. The zero-order valence-corrected chi connectivity index (χ0v) is 13.3. The summed E-state index contributed by atoms with van der Waals surface area (Å²) in [5.74, 6) is 0.598. The summed E-state index contributed by atoms with van der Waals surface area (Å²) >= 11 is 0. The molecule has 1 amide bonds. The first-order valence-electron chi connectivity index (χ1n) is 6.69. The van der Waals surface area contributed by atoms with Gasteiger partial charge >= 0.3 is 0 Å². The minimum Gasteiger partial charge on any atom is -0.497 e. The van der Waals surface area contributed by atoms with Crippen molar-refractivity contribution in [2.45, 2.75) is 11.3 Å². The quantitative estimate of drug-likeness (QED) is 0.806. The molecule has 1 aliphatic heterocycles. The molecule has 116 valence electrons. The number of nitrogens with zero attached hydrogens (tertiary/aromatic N) is 2. The average Bonchev–Trinajstić information content (AvgIpc) is 2.77. The van der Waals surface area contributed by atoms with Crippen LogP contribution < -0.4 is 4.74 Å². The Morgan fingerprint density at radius 3 is 2.71 bits per heavy atom. The first-order chi connectivity index (χ1) is 9.84. The Morgan fingerprint density at radius 1 is 1.43 bits per heavy atom. The zero-order valence-electron chi connectivity index (χ0n) is 12.4. The molecular weight excluding hydrogens is 292 g/mol. The lowest BCUT2D eigenvalue weighted by molar-refractivity contribution is -0.126. The molecule has 0 bridgehead atoms. The van der Waals surface area contributed by atoms with Gasteiger partial charge in [-0.05, 0) is 18.1 Å². The third kappa shape index (κ3) is 3.36. The number of amides is 1. The Hall–Kier alpha value is -1.60. The van der Waals surface area contributed by atoms with Gasteiger partial charge in [-0.2, -0.15) is 0 Å². The Bertz CT molecular complexity index is 630. The summed E-state index contributed by atoms with van der Waals surface area (Å²) in [6.07, 6.45) is 0.397. The van der Waals surface area contributed by atoms with Crippen LogP contribution in [-0.2, 0) is 14.8 Å². The van der Waals surface area contributed by atoms with Gasteiger partial charge in [0.1, 0.15) is 5.75 Å². The third-order valence-electron chi connectivity index (χ3n) is 3.69. The monoisotopic (exact) mass is 312 g/mol. The minimum absolute atomic E-state index is 0.0351. The van der Waals surface area contributed by atoms with Gasteiger partial charge in [0, 0.05) is 39.7 Å². The molecule has 1 unspecified atom stereocenters. The normalized spacial score (nSPS) is 19.3. The summed E-state index contributed by atoms with van der Waals surface area (Å²) < 4.78 is 31.4. The Kier molecular flexibility index (Phi) is 4.53. The second-order valence-corrected chi connectivity index (χ2v) is 7.35. The van der Waals surface area contributed by atoms with Crippen molar-refractivity contribution in [3.8, 4) is 5.75 Å². The van der Waals surface area contributed by atoms with E-state index in [2.05, 4.69) is 0 Å². The van der Waals surface area contributed by atoms with Crippen molar-refractivity contribution in [1.82, 2.24) is 9.21 Å². The van der Waals surface area contributed by atoms with Gasteiger partial charge in [0.05, 0.1) is 12.0 Å². The number of sulfonamides is 1. The molecule has 1 aromatic carbocycles. The van der Waals surface area contributed by atoms with E-state index in [9.17, 15) is 13.2 Å². The van der Waals surface area contributed by atoms with Crippen molar-refractivity contribution in [1.29, 1.82) is 0 Å². The Morgan fingerprint density at radius 2 is 2.14 bits per heavy atom. The van der Waals surface area contributed by atoms with E-state index >= 15 is 0 Å². The van der Waals surface area contributed by atoms with E-state index in [1.807, 2.05) is 0 Å². The number of carbonyl (C=O) groups is 1. The fourth-order valence-electron chi connectivity index (χ4n) is 2.48. The number of likely N-dealkylation sites (tertiary alicyclic amines) is 1. The van der Waals surface area contributed by atoms with Gasteiger partial charge in [-0.3, -0.25) is 4.79 Å². The van der Waals surface area contributed by atoms with E-state index in [0.29, 0.717) is 25.3 Å². The lowest BCUT2D eigenvalue weighted by Gasteiger charge is -2.20. The van der Waals surface area contributed by atoms with E-state index < -0.39 is 10.0 Å². The third-order valence-corrected chi connectivity index (χ3v) is 5.51. The maximum atomic E-state index is 12.5. The van der Waals surface area contributed by atoms with Crippen LogP contribution in [-0.4, -0.2) is 57.8 Å². The molecule has 6 nitrogen and oxygen atoms in total. The van der Waals surface area contributed by atoms with Crippen molar-refractivity contribution in [3.63, 3.8) is 0 Å². The molecule has 0 aromatic heterocycles. The van der Waals surface area contributed by atoms with E-state index in [0.717, 1.165) is 0 Å². The van der Waals surface area contributed by atoms with Gasteiger partial charge < -0.3 is 9.64 Å². The highest BCUT2D eigenvalue weighted by Crippen LogP contribution is 2.23. The van der Waals surface area contributed by atoms with E-state index in [4.69, 9.17) is 4.74 Å². The number of hydrogen-bond donors (Lipinski definition) is 0. The SMILES string of the molecule is COc1cccc(S(=O)(=O)N(C)CC2CC(=O)N(C)C2)c1. The standard InChI is InChI=1S/C14H20N2O4S/c1-15-9-11(7-14(15)17)10-16(2)21(18,19)13-6-4-5-12(8-13)20-3/h4-6,8,11H,7,9-10H2,1-3H3. The number of carbonyl (C=O) groups excluding carboxylic acids is 1. The maximum Gasteiger partial charge on any atom is 0.242 e. The predicted octanol–water partition coefficient (Wildman–Crippen LogP) is 0.794. The summed E-state index contributed by atoms with van der Waals surface area (Å²) in [5, 5.41) is 0. The molecule has 0 N–H and O–H groups in total. The topological polar surface area (TPSA) is 66.9 Å². The summed E-state index contributed by atoms with van der Waals surface area (Å²) in [5.41, 5.74) is 0. The number of hydrogen-bond acceptors (Lipinski definition) is 4. The Labute approximate surface area is 125 Å². The molecule has 1 aromatic rings. The van der Waals surface area contributed by atoms with Gasteiger partial charge in [0.2, 0.25) is 15.9 Å². The molecule has 1 atom stereocenters. The highest BCUT2D eigenvalue weighted by Gasteiger charge is 2.31. The van der Waals surface area contributed by atoms with Crippen LogP contribution in [0, 0.1) is 5.92 Å². The molecule has 21 heavy (non-hydrogen) atoms. The van der Waals surface area contributed by atoms with E-state index in [-0.39, 0.29) is 16.7 Å². The van der Waals surface area contributed by atoms with E-state index in [1.165, 1.54) is 24.5 Å². The summed E-state index contributed by atoms with van der Waals surface area (Å²) in [4.78, 5) is 13.3. The van der Waals surface area contributed by atoms with Gasteiger partial charge in [-0.1, -0.05) is 6.07 Å². The molecule has 2 rings (SSSR count). The summed E-state index contributed by atoms with van der Waals surface area (Å²) in [6.45, 7) is 0.923.